The van der Waals surface area contributed by atoms with Crippen molar-refractivity contribution in [1.82, 2.24) is 4.72 Å². The number of nitrogens with zero attached hydrogens (tertiary/aromatic N) is 1. The summed E-state index contributed by atoms with van der Waals surface area (Å²) in [6.07, 6.45) is 0. The zero-order valence-electron chi connectivity index (χ0n) is 10.4. The smallest absolute Gasteiger partial charge is 0.258 e. The number of benzene rings is 1. The summed E-state index contributed by atoms with van der Waals surface area (Å²) in [5.74, 6) is 0. The zero-order valence-corrected chi connectivity index (χ0v) is 12.7. The lowest BCUT2D eigenvalue weighted by Gasteiger charge is -2.20. The molecule has 1 aromatic carbocycles. The van der Waals surface area contributed by atoms with Crippen LogP contribution in [0.15, 0.2) is 17.0 Å². The molecular formula is C10H12Cl2N2O4S. The van der Waals surface area contributed by atoms with Crippen molar-refractivity contribution in [2.24, 2.45) is 0 Å². The molecule has 0 aliphatic heterocycles. The van der Waals surface area contributed by atoms with Crippen LogP contribution in [0.3, 0.4) is 0 Å². The van der Waals surface area contributed by atoms with Crippen LogP contribution in [0, 0.1) is 10.1 Å². The van der Waals surface area contributed by atoms with Crippen molar-refractivity contribution >= 4 is 38.9 Å². The lowest BCUT2D eigenvalue weighted by atomic mass is 10.1. The largest absolute Gasteiger partial charge is 0.307 e. The average molecular weight is 327 g/mol. The minimum absolute atomic E-state index is 0.218. The maximum absolute atomic E-state index is 12.1. The van der Waals surface area contributed by atoms with Crippen LogP contribution in [-0.4, -0.2) is 18.9 Å². The van der Waals surface area contributed by atoms with Crippen LogP contribution in [0.25, 0.3) is 0 Å². The number of nitro benzene ring substituents is 1. The third-order valence-electron chi connectivity index (χ3n) is 1.94. The summed E-state index contributed by atoms with van der Waals surface area (Å²) in [4.78, 5) is 9.63. The van der Waals surface area contributed by atoms with Gasteiger partial charge in [-0.15, -0.1) is 0 Å². The number of nitrogens with one attached hydrogen (secondary N) is 1. The van der Waals surface area contributed by atoms with E-state index in [4.69, 9.17) is 23.2 Å². The van der Waals surface area contributed by atoms with Gasteiger partial charge in [0.15, 0.2) is 0 Å². The SMILES string of the molecule is CC(C)(C)NS(=O)(=O)c1ccc(Cl)c([N+](=O)[O-])c1Cl. The Labute approximate surface area is 120 Å². The molecular weight excluding hydrogens is 315 g/mol. The molecule has 0 aliphatic rings. The van der Waals surface area contributed by atoms with E-state index in [2.05, 4.69) is 4.72 Å². The second-order valence-corrected chi connectivity index (χ2v) is 7.26. The van der Waals surface area contributed by atoms with Gasteiger partial charge in [-0.3, -0.25) is 10.1 Å². The molecule has 106 valence electrons. The second kappa shape index (κ2) is 5.24. The predicted molar refractivity (Wildman–Crippen MR) is 73.2 cm³/mol. The quantitative estimate of drug-likeness (QED) is 0.683. The standard InChI is InChI=1S/C10H12Cl2N2O4S/c1-10(2,3)13-19(17,18)7-5-4-6(11)9(8(7)12)14(15)16/h4-5,13H,1-3H3. The summed E-state index contributed by atoms with van der Waals surface area (Å²) < 4.78 is 26.5. The normalized spacial score (nSPS) is 12.5. The van der Waals surface area contributed by atoms with Gasteiger partial charge >= 0.3 is 5.69 Å². The minimum atomic E-state index is -3.97. The molecule has 0 saturated carbocycles. The van der Waals surface area contributed by atoms with Crippen LogP contribution in [0.4, 0.5) is 5.69 Å². The molecule has 1 N–H and O–H groups in total. The minimum Gasteiger partial charge on any atom is -0.258 e. The Bertz CT molecular complexity index is 623. The molecule has 1 aromatic rings. The number of hydrogen-bond donors (Lipinski definition) is 1. The van der Waals surface area contributed by atoms with Crippen LogP contribution in [0.2, 0.25) is 10.0 Å². The molecule has 0 atom stereocenters. The number of rotatable bonds is 3. The van der Waals surface area contributed by atoms with E-state index in [-0.39, 0.29) is 9.92 Å². The monoisotopic (exact) mass is 326 g/mol. The second-order valence-electron chi connectivity index (χ2n) is 4.82. The molecule has 0 heterocycles. The van der Waals surface area contributed by atoms with Gasteiger partial charge in [0.2, 0.25) is 10.0 Å². The van der Waals surface area contributed by atoms with Crippen LogP contribution >= 0.6 is 23.2 Å². The van der Waals surface area contributed by atoms with Crippen molar-refractivity contribution in [3.63, 3.8) is 0 Å². The van der Waals surface area contributed by atoms with E-state index in [0.717, 1.165) is 12.1 Å². The van der Waals surface area contributed by atoms with Crippen LogP contribution < -0.4 is 4.72 Å². The molecule has 0 aromatic heterocycles. The molecule has 6 nitrogen and oxygen atoms in total. The van der Waals surface area contributed by atoms with E-state index in [1.54, 1.807) is 20.8 Å². The summed E-state index contributed by atoms with van der Waals surface area (Å²) in [5, 5.41) is 10.1. The van der Waals surface area contributed by atoms with Crippen molar-refractivity contribution < 1.29 is 13.3 Å². The molecule has 1 rings (SSSR count). The summed E-state index contributed by atoms with van der Waals surface area (Å²) in [6, 6.07) is 2.26. The Morgan fingerprint density at radius 1 is 1.26 bits per heavy atom. The number of halogens is 2. The Kier molecular flexibility index (Phi) is 4.46. The van der Waals surface area contributed by atoms with Gasteiger partial charge in [-0.25, -0.2) is 13.1 Å². The summed E-state index contributed by atoms with van der Waals surface area (Å²) in [6.45, 7) is 4.92. The van der Waals surface area contributed by atoms with Crippen molar-refractivity contribution in [2.75, 3.05) is 0 Å². The lowest BCUT2D eigenvalue weighted by Crippen LogP contribution is -2.40. The zero-order chi connectivity index (χ0) is 15.0. The third-order valence-corrected chi connectivity index (χ3v) is 4.54. The van der Waals surface area contributed by atoms with Crippen molar-refractivity contribution in [3.8, 4) is 0 Å². The van der Waals surface area contributed by atoms with Crippen LogP contribution in [-0.2, 0) is 10.0 Å². The van der Waals surface area contributed by atoms with E-state index in [9.17, 15) is 18.5 Å². The Morgan fingerprint density at radius 3 is 2.21 bits per heavy atom. The van der Waals surface area contributed by atoms with E-state index in [1.807, 2.05) is 0 Å². The molecule has 0 aliphatic carbocycles. The van der Waals surface area contributed by atoms with Gasteiger partial charge in [0.25, 0.3) is 0 Å². The maximum atomic E-state index is 12.1. The first-order valence-electron chi connectivity index (χ1n) is 5.12. The topological polar surface area (TPSA) is 89.3 Å². The first-order chi connectivity index (χ1) is 8.46. The highest BCUT2D eigenvalue weighted by molar-refractivity contribution is 7.89. The molecule has 0 unspecified atom stereocenters. The molecule has 0 spiro atoms. The van der Waals surface area contributed by atoms with Crippen LogP contribution in [0.1, 0.15) is 20.8 Å². The predicted octanol–water partition coefficient (Wildman–Crippen LogP) is 2.98. The molecule has 0 fully saturated rings. The Morgan fingerprint density at radius 2 is 1.79 bits per heavy atom. The first kappa shape index (κ1) is 16.2. The molecule has 0 bridgehead atoms. The molecule has 0 amide bonds. The Hall–Kier alpha value is -0.890. The third kappa shape index (κ3) is 3.79. The number of hydrogen-bond acceptors (Lipinski definition) is 4. The average Bonchev–Trinajstić information content (AvgIpc) is 2.11. The summed E-state index contributed by atoms with van der Waals surface area (Å²) in [7, 11) is -3.97. The van der Waals surface area contributed by atoms with E-state index in [0.29, 0.717) is 0 Å². The fourth-order valence-electron chi connectivity index (χ4n) is 1.36. The van der Waals surface area contributed by atoms with E-state index in [1.165, 1.54) is 0 Å². The summed E-state index contributed by atoms with van der Waals surface area (Å²) >= 11 is 11.4. The Balaban J connectivity index is 3.46. The first-order valence-corrected chi connectivity index (χ1v) is 7.36. The van der Waals surface area contributed by atoms with Gasteiger partial charge in [0.1, 0.15) is 14.9 Å². The molecule has 0 saturated heterocycles. The fraction of sp³-hybridized carbons (Fsp3) is 0.400. The molecule has 9 heteroatoms. The van der Waals surface area contributed by atoms with Gasteiger partial charge in [-0.05, 0) is 32.9 Å². The van der Waals surface area contributed by atoms with Crippen molar-refractivity contribution in [2.45, 2.75) is 31.2 Å². The fourth-order valence-corrected chi connectivity index (χ4v) is 3.66. The van der Waals surface area contributed by atoms with Gasteiger partial charge in [0, 0.05) is 5.54 Å². The van der Waals surface area contributed by atoms with E-state index >= 15 is 0 Å². The molecule has 0 radical (unpaired) electrons. The highest BCUT2D eigenvalue weighted by atomic mass is 35.5. The highest BCUT2D eigenvalue weighted by Gasteiger charge is 2.30. The highest BCUT2D eigenvalue weighted by Crippen LogP contribution is 2.37. The lowest BCUT2D eigenvalue weighted by molar-refractivity contribution is -0.384. The maximum Gasteiger partial charge on any atom is 0.307 e. The van der Waals surface area contributed by atoms with Crippen molar-refractivity contribution in [3.05, 3.63) is 32.3 Å². The van der Waals surface area contributed by atoms with Gasteiger partial charge in [-0.2, -0.15) is 0 Å². The van der Waals surface area contributed by atoms with E-state index < -0.39 is 31.2 Å². The number of nitro groups is 1. The number of sulfonamides is 1. The van der Waals surface area contributed by atoms with Gasteiger partial charge in [-0.1, -0.05) is 23.2 Å². The van der Waals surface area contributed by atoms with Gasteiger partial charge in [0.05, 0.1) is 4.92 Å². The van der Waals surface area contributed by atoms with Crippen molar-refractivity contribution in [1.29, 1.82) is 0 Å². The van der Waals surface area contributed by atoms with Gasteiger partial charge < -0.3 is 0 Å². The summed E-state index contributed by atoms with van der Waals surface area (Å²) in [5.41, 5.74) is -1.36. The van der Waals surface area contributed by atoms with Crippen LogP contribution in [0.5, 0.6) is 0 Å². The molecule has 19 heavy (non-hydrogen) atoms.